The highest BCUT2D eigenvalue weighted by Gasteiger charge is 1.99. The summed E-state index contributed by atoms with van der Waals surface area (Å²) in [7, 11) is 0. The van der Waals surface area contributed by atoms with Gasteiger partial charge in [0.25, 0.3) is 0 Å². The largest absolute Gasteiger partial charge is 0.0810 e. The number of fused-ring (bicyclic) bond motifs is 1. The van der Waals surface area contributed by atoms with Crippen LogP contribution in [0.25, 0.3) is 16.3 Å². The van der Waals surface area contributed by atoms with Crippen LogP contribution in [0.1, 0.15) is 59.9 Å². The van der Waals surface area contributed by atoms with Crippen LogP contribution in [0.4, 0.5) is 0 Å². The minimum Gasteiger partial charge on any atom is -0.0810 e. The van der Waals surface area contributed by atoms with E-state index in [1.54, 1.807) is 0 Å². The molecule has 0 aliphatic rings. The van der Waals surface area contributed by atoms with Crippen molar-refractivity contribution < 1.29 is 0 Å². The molecule has 0 atom stereocenters. The van der Waals surface area contributed by atoms with Crippen LogP contribution in [0.15, 0.2) is 48.5 Å². The van der Waals surface area contributed by atoms with E-state index in [9.17, 15) is 0 Å². The van der Waals surface area contributed by atoms with Crippen molar-refractivity contribution in [2.24, 2.45) is 0 Å². The van der Waals surface area contributed by atoms with Crippen molar-refractivity contribution >= 4 is 16.3 Å². The number of allylic oxidation sites excluding steroid dienone is 2. The molecule has 20 heavy (non-hydrogen) atoms. The molecule has 2 aromatic carbocycles. The molecule has 0 bridgehead atoms. The van der Waals surface area contributed by atoms with E-state index in [2.05, 4.69) is 62.4 Å². The average molecular weight is 270 g/mol. The van der Waals surface area contributed by atoms with Gasteiger partial charge in [-0.25, -0.2) is 0 Å². The van der Waals surface area contributed by atoms with Gasteiger partial charge < -0.3 is 0 Å². The quantitative estimate of drug-likeness (QED) is 0.558. The number of rotatable bonds is 3. The summed E-state index contributed by atoms with van der Waals surface area (Å²) in [6.07, 6.45) is 4.53. The lowest BCUT2D eigenvalue weighted by Gasteiger charge is -2.06. The van der Waals surface area contributed by atoms with Crippen LogP contribution in [0, 0.1) is 0 Å². The Morgan fingerprint density at radius 2 is 1.45 bits per heavy atom. The van der Waals surface area contributed by atoms with E-state index in [4.69, 9.17) is 0 Å². The van der Waals surface area contributed by atoms with Crippen LogP contribution >= 0.6 is 0 Å². The third-order valence-corrected chi connectivity index (χ3v) is 2.95. The SMILES string of the molecule is CC.CC.CC/C=C(\CC)c1ccc2ccccc2c1. The molecular weight excluding hydrogens is 240 g/mol. The first kappa shape index (κ1) is 18.4. The van der Waals surface area contributed by atoms with E-state index >= 15 is 0 Å². The molecule has 0 N–H and O–H groups in total. The maximum atomic E-state index is 2.32. The van der Waals surface area contributed by atoms with E-state index in [0.29, 0.717) is 0 Å². The molecule has 0 spiro atoms. The maximum absolute atomic E-state index is 2.32. The lowest BCUT2D eigenvalue weighted by atomic mass is 9.99. The summed E-state index contributed by atoms with van der Waals surface area (Å²) < 4.78 is 0. The Labute approximate surface area is 125 Å². The second-order valence-corrected chi connectivity index (χ2v) is 4.05. The zero-order chi connectivity index (χ0) is 15.4. The fraction of sp³-hybridized carbons (Fsp3) is 0.400. The van der Waals surface area contributed by atoms with E-state index in [-0.39, 0.29) is 0 Å². The fourth-order valence-corrected chi connectivity index (χ4v) is 2.10. The van der Waals surface area contributed by atoms with Crippen LogP contribution < -0.4 is 0 Å². The van der Waals surface area contributed by atoms with Crippen molar-refractivity contribution in [3.63, 3.8) is 0 Å². The van der Waals surface area contributed by atoms with Gasteiger partial charge in [-0.05, 0) is 40.8 Å². The normalized spacial score (nSPS) is 10.2. The van der Waals surface area contributed by atoms with E-state index in [1.807, 2.05) is 27.7 Å². The first-order valence-corrected chi connectivity index (χ1v) is 8.03. The Kier molecular flexibility index (Phi) is 10.4. The van der Waals surface area contributed by atoms with Gasteiger partial charge in [-0.2, -0.15) is 0 Å². The van der Waals surface area contributed by atoms with Gasteiger partial charge in [0.05, 0.1) is 0 Å². The van der Waals surface area contributed by atoms with Gasteiger partial charge in [0.2, 0.25) is 0 Å². The van der Waals surface area contributed by atoms with Gasteiger partial charge >= 0.3 is 0 Å². The smallest absolute Gasteiger partial charge is 0.0178 e. The van der Waals surface area contributed by atoms with E-state index < -0.39 is 0 Å². The van der Waals surface area contributed by atoms with Crippen molar-refractivity contribution in [2.45, 2.75) is 54.4 Å². The standard InChI is InChI=1S/C16H18.2C2H6/c1-3-7-13(4-2)16-11-10-14-8-5-6-9-15(14)12-16;2*1-2/h5-12H,3-4H2,1-2H3;2*1-2H3/b13-7+;;. The van der Waals surface area contributed by atoms with Gasteiger partial charge in [-0.1, -0.05) is 84.0 Å². The Morgan fingerprint density at radius 1 is 0.850 bits per heavy atom. The van der Waals surface area contributed by atoms with Crippen LogP contribution in [0.3, 0.4) is 0 Å². The van der Waals surface area contributed by atoms with Crippen molar-refractivity contribution in [3.05, 3.63) is 54.1 Å². The highest BCUT2D eigenvalue weighted by molar-refractivity contribution is 5.86. The first-order valence-electron chi connectivity index (χ1n) is 8.03. The summed E-state index contributed by atoms with van der Waals surface area (Å²) in [5, 5.41) is 2.65. The predicted molar refractivity (Wildman–Crippen MR) is 95.2 cm³/mol. The van der Waals surface area contributed by atoms with Gasteiger partial charge in [0, 0.05) is 0 Å². The van der Waals surface area contributed by atoms with Crippen molar-refractivity contribution in [1.82, 2.24) is 0 Å². The van der Waals surface area contributed by atoms with Crippen molar-refractivity contribution in [2.75, 3.05) is 0 Å². The van der Waals surface area contributed by atoms with Gasteiger partial charge in [-0.3, -0.25) is 0 Å². The average Bonchev–Trinajstić information content (AvgIpc) is 2.56. The monoisotopic (exact) mass is 270 g/mol. The number of hydrogen-bond donors (Lipinski definition) is 0. The van der Waals surface area contributed by atoms with Crippen LogP contribution in [0.5, 0.6) is 0 Å². The van der Waals surface area contributed by atoms with Crippen molar-refractivity contribution in [1.29, 1.82) is 0 Å². The molecule has 0 fully saturated rings. The van der Waals surface area contributed by atoms with E-state index in [1.165, 1.54) is 21.9 Å². The summed E-state index contributed by atoms with van der Waals surface area (Å²) in [6.45, 7) is 12.4. The molecule has 0 aromatic heterocycles. The minimum absolute atomic E-state index is 1.10. The minimum atomic E-state index is 1.10. The molecule has 0 unspecified atom stereocenters. The molecule has 2 rings (SSSR count). The summed E-state index contributed by atoms with van der Waals surface area (Å²) in [4.78, 5) is 0. The molecule has 0 aliphatic heterocycles. The summed E-state index contributed by atoms with van der Waals surface area (Å²) in [5.41, 5.74) is 2.82. The molecule has 0 radical (unpaired) electrons. The Bertz CT molecular complexity index is 506. The van der Waals surface area contributed by atoms with Gasteiger partial charge in [0.1, 0.15) is 0 Å². The highest BCUT2D eigenvalue weighted by Crippen LogP contribution is 2.23. The second-order valence-electron chi connectivity index (χ2n) is 4.05. The first-order chi connectivity index (χ1) is 9.85. The third-order valence-electron chi connectivity index (χ3n) is 2.95. The third kappa shape index (κ3) is 5.21. The van der Waals surface area contributed by atoms with E-state index in [0.717, 1.165) is 12.8 Å². The fourth-order valence-electron chi connectivity index (χ4n) is 2.10. The molecule has 0 amide bonds. The zero-order valence-corrected chi connectivity index (χ0v) is 14.0. The van der Waals surface area contributed by atoms with Gasteiger partial charge in [0.15, 0.2) is 0 Å². The lowest BCUT2D eigenvalue weighted by Crippen LogP contribution is -1.83. The Hall–Kier alpha value is -1.56. The molecule has 0 heteroatoms. The zero-order valence-electron chi connectivity index (χ0n) is 14.0. The molecule has 0 nitrogen and oxygen atoms in total. The summed E-state index contributed by atoms with van der Waals surface area (Å²) in [5.74, 6) is 0. The second kappa shape index (κ2) is 11.3. The van der Waals surface area contributed by atoms with Crippen LogP contribution in [0.2, 0.25) is 0 Å². The van der Waals surface area contributed by atoms with Crippen molar-refractivity contribution in [3.8, 4) is 0 Å². The maximum Gasteiger partial charge on any atom is -0.0178 e. The molecular formula is C20H30. The molecule has 2 aromatic rings. The highest BCUT2D eigenvalue weighted by atomic mass is 14.0. The number of hydrogen-bond acceptors (Lipinski definition) is 0. The van der Waals surface area contributed by atoms with Crippen LogP contribution in [-0.2, 0) is 0 Å². The summed E-state index contributed by atoms with van der Waals surface area (Å²) in [6, 6.07) is 15.3. The van der Waals surface area contributed by atoms with Crippen LogP contribution in [-0.4, -0.2) is 0 Å². The molecule has 0 saturated carbocycles. The predicted octanol–water partition coefficient (Wildman–Crippen LogP) is 7.10. The molecule has 0 saturated heterocycles. The molecule has 0 heterocycles. The summed E-state index contributed by atoms with van der Waals surface area (Å²) >= 11 is 0. The Morgan fingerprint density at radius 3 is 2.00 bits per heavy atom. The Balaban J connectivity index is 0.000000829. The lowest BCUT2D eigenvalue weighted by molar-refractivity contribution is 1.17. The number of benzene rings is 2. The molecule has 0 aliphatic carbocycles. The van der Waals surface area contributed by atoms with Gasteiger partial charge in [-0.15, -0.1) is 0 Å². The molecule has 110 valence electrons. The topological polar surface area (TPSA) is 0 Å².